The Morgan fingerprint density at radius 3 is 2.52 bits per heavy atom. The van der Waals surface area contributed by atoms with Crippen LogP contribution in [0.15, 0.2) is 64.0 Å². The van der Waals surface area contributed by atoms with E-state index >= 15 is 0 Å². The Kier molecular flexibility index (Phi) is 4.98. The Bertz CT molecular complexity index is 1470. The summed E-state index contributed by atoms with van der Waals surface area (Å²) in [6.07, 6.45) is 1.29. The molecule has 1 aliphatic heterocycles. The van der Waals surface area contributed by atoms with Crippen LogP contribution in [0.5, 0.6) is 23.0 Å². The highest BCUT2D eigenvalue weighted by molar-refractivity contribution is 6.30. The molecule has 0 unspecified atom stereocenters. The Labute approximate surface area is 192 Å². The zero-order valence-electron chi connectivity index (χ0n) is 17.3. The first-order valence-corrected chi connectivity index (χ1v) is 10.4. The van der Waals surface area contributed by atoms with E-state index in [0.717, 1.165) is 0 Å². The first-order chi connectivity index (χ1) is 15.9. The first-order valence-electron chi connectivity index (χ1n) is 10.0. The summed E-state index contributed by atoms with van der Waals surface area (Å²) < 4.78 is 16.5. The van der Waals surface area contributed by atoms with Crippen LogP contribution in [0.25, 0.3) is 22.1 Å². The zero-order chi connectivity index (χ0) is 23.3. The van der Waals surface area contributed by atoms with Gasteiger partial charge in [0.25, 0.3) is 0 Å². The third-order valence-corrected chi connectivity index (χ3v) is 5.98. The second kappa shape index (κ2) is 7.86. The number of methoxy groups -OCH3 is 1. The van der Waals surface area contributed by atoms with Gasteiger partial charge in [0, 0.05) is 22.6 Å². The molecule has 1 aromatic heterocycles. The molecule has 1 aliphatic rings. The molecule has 1 atom stereocenters. The predicted molar refractivity (Wildman–Crippen MR) is 121 cm³/mol. The van der Waals surface area contributed by atoms with E-state index in [4.69, 9.17) is 25.5 Å². The van der Waals surface area contributed by atoms with Crippen LogP contribution in [0.4, 0.5) is 0 Å². The van der Waals surface area contributed by atoms with Crippen molar-refractivity contribution in [3.8, 4) is 34.1 Å². The van der Waals surface area contributed by atoms with E-state index in [-0.39, 0.29) is 46.0 Å². The lowest BCUT2D eigenvalue weighted by atomic mass is 9.84. The van der Waals surface area contributed by atoms with Crippen LogP contribution in [-0.2, 0) is 4.79 Å². The zero-order valence-corrected chi connectivity index (χ0v) is 18.1. The number of halogens is 1. The number of benzene rings is 3. The highest BCUT2D eigenvalue weighted by Crippen LogP contribution is 2.46. The van der Waals surface area contributed by atoms with Crippen molar-refractivity contribution in [3.05, 3.63) is 81.2 Å². The molecule has 0 fully saturated rings. The topological polar surface area (TPSA) is 106 Å². The van der Waals surface area contributed by atoms with Gasteiger partial charge in [0.2, 0.25) is 5.43 Å². The summed E-state index contributed by atoms with van der Waals surface area (Å²) in [5, 5.41) is 21.1. The number of hydrogen-bond acceptors (Lipinski definition) is 7. The van der Waals surface area contributed by atoms with Crippen molar-refractivity contribution in [2.24, 2.45) is 0 Å². The van der Waals surface area contributed by atoms with Gasteiger partial charge in [-0.1, -0.05) is 29.8 Å². The van der Waals surface area contributed by atoms with Crippen LogP contribution in [-0.4, -0.2) is 23.3 Å². The van der Waals surface area contributed by atoms with Crippen molar-refractivity contribution in [2.45, 2.75) is 12.3 Å². The number of carbonyl (C=O) groups is 1. The number of phenolic OH excluding ortho intramolecular Hbond substituents is 2. The van der Waals surface area contributed by atoms with Crippen molar-refractivity contribution in [2.75, 3.05) is 7.11 Å². The standard InChI is InChI=1S/C25H17ClO7/c1-31-19-8-13(4-7-17(19)27)15-9-21(29)33-20-10-18(28)23-24(30)16(11-32-25(23)22(15)20)12-2-5-14(26)6-3-12/h2-8,10-11,15,27-28H,9H2,1H3/t15-/m1/s1. The molecule has 7 nitrogen and oxygen atoms in total. The molecule has 0 saturated carbocycles. The van der Waals surface area contributed by atoms with E-state index in [1.807, 2.05) is 0 Å². The SMILES string of the molecule is COc1cc([C@H]2CC(=O)Oc3cc(O)c4c(=O)c(-c5ccc(Cl)cc5)coc4c32)ccc1O. The summed E-state index contributed by atoms with van der Waals surface area (Å²) in [7, 11) is 1.42. The van der Waals surface area contributed by atoms with Crippen molar-refractivity contribution in [1.29, 1.82) is 0 Å². The number of aromatic hydroxyl groups is 2. The van der Waals surface area contributed by atoms with Gasteiger partial charge < -0.3 is 24.1 Å². The van der Waals surface area contributed by atoms with Crippen molar-refractivity contribution < 1.29 is 28.9 Å². The van der Waals surface area contributed by atoms with Crippen LogP contribution >= 0.6 is 11.6 Å². The molecule has 8 heteroatoms. The normalized spacial score (nSPS) is 15.2. The van der Waals surface area contributed by atoms with Crippen LogP contribution in [0.2, 0.25) is 5.02 Å². The van der Waals surface area contributed by atoms with Gasteiger partial charge in [0.15, 0.2) is 11.5 Å². The number of fused-ring (bicyclic) bond motifs is 3. The molecule has 0 aliphatic carbocycles. The molecule has 0 spiro atoms. The number of hydrogen-bond donors (Lipinski definition) is 2. The summed E-state index contributed by atoms with van der Waals surface area (Å²) in [5.74, 6) is -1.11. The Morgan fingerprint density at radius 1 is 1.03 bits per heavy atom. The molecule has 166 valence electrons. The van der Waals surface area contributed by atoms with Crippen LogP contribution in [0.3, 0.4) is 0 Å². The Morgan fingerprint density at radius 2 is 1.79 bits per heavy atom. The lowest BCUT2D eigenvalue weighted by Crippen LogP contribution is -2.22. The van der Waals surface area contributed by atoms with Crippen LogP contribution in [0.1, 0.15) is 23.5 Å². The van der Waals surface area contributed by atoms with Gasteiger partial charge in [-0.25, -0.2) is 0 Å². The van der Waals surface area contributed by atoms with Gasteiger partial charge in [-0.05, 0) is 35.4 Å². The number of ether oxygens (including phenoxy) is 2. The van der Waals surface area contributed by atoms with Gasteiger partial charge in [-0.2, -0.15) is 0 Å². The minimum atomic E-state index is -0.552. The van der Waals surface area contributed by atoms with E-state index < -0.39 is 17.3 Å². The maximum Gasteiger partial charge on any atom is 0.312 e. The Hall–Kier alpha value is -3.97. The number of esters is 1. The van der Waals surface area contributed by atoms with Crippen LogP contribution < -0.4 is 14.9 Å². The molecule has 0 saturated heterocycles. The molecule has 4 aromatic rings. The van der Waals surface area contributed by atoms with Gasteiger partial charge in [0.05, 0.1) is 19.1 Å². The van der Waals surface area contributed by atoms with Crippen molar-refractivity contribution >= 4 is 28.5 Å². The molecule has 2 N–H and O–H groups in total. The van der Waals surface area contributed by atoms with E-state index in [1.165, 1.54) is 25.5 Å². The minimum Gasteiger partial charge on any atom is -0.507 e. The monoisotopic (exact) mass is 464 g/mol. The lowest BCUT2D eigenvalue weighted by Gasteiger charge is -2.26. The largest absolute Gasteiger partial charge is 0.507 e. The van der Waals surface area contributed by atoms with E-state index in [2.05, 4.69) is 0 Å². The molecule has 3 aromatic carbocycles. The fourth-order valence-corrected chi connectivity index (χ4v) is 4.28. The maximum absolute atomic E-state index is 13.4. The average molecular weight is 465 g/mol. The summed E-state index contributed by atoms with van der Waals surface area (Å²) in [5.41, 5.74) is 1.63. The molecule has 0 bridgehead atoms. The second-order valence-corrected chi connectivity index (χ2v) is 8.10. The third kappa shape index (κ3) is 3.47. The number of rotatable bonds is 3. The van der Waals surface area contributed by atoms with Gasteiger partial charge >= 0.3 is 5.97 Å². The first kappa shape index (κ1) is 20.9. The molecular weight excluding hydrogens is 448 g/mol. The van der Waals surface area contributed by atoms with Gasteiger partial charge in [-0.15, -0.1) is 0 Å². The molecular formula is C25H17ClO7. The van der Waals surface area contributed by atoms with Crippen molar-refractivity contribution in [3.63, 3.8) is 0 Å². The molecule has 33 heavy (non-hydrogen) atoms. The molecule has 5 rings (SSSR count). The van der Waals surface area contributed by atoms with Crippen molar-refractivity contribution in [1.82, 2.24) is 0 Å². The minimum absolute atomic E-state index is 0.0186. The quantitative estimate of drug-likeness (QED) is 0.325. The number of phenols is 2. The highest BCUT2D eigenvalue weighted by atomic mass is 35.5. The van der Waals surface area contributed by atoms with Gasteiger partial charge in [-0.3, -0.25) is 9.59 Å². The predicted octanol–water partition coefficient (Wildman–Crippen LogP) is 4.97. The fourth-order valence-electron chi connectivity index (χ4n) is 4.16. The summed E-state index contributed by atoms with van der Waals surface area (Å²) >= 11 is 5.95. The average Bonchev–Trinajstić information content (AvgIpc) is 2.79. The molecule has 2 heterocycles. The smallest absolute Gasteiger partial charge is 0.312 e. The van der Waals surface area contributed by atoms with Crippen LogP contribution in [0, 0.1) is 0 Å². The van der Waals surface area contributed by atoms with E-state index in [1.54, 1.807) is 36.4 Å². The van der Waals surface area contributed by atoms with E-state index in [0.29, 0.717) is 21.7 Å². The third-order valence-electron chi connectivity index (χ3n) is 5.73. The van der Waals surface area contributed by atoms with E-state index in [9.17, 15) is 19.8 Å². The molecule has 0 radical (unpaired) electrons. The fraction of sp³-hybridized carbons (Fsp3) is 0.120. The number of carbonyl (C=O) groups excluding carboxylic acids is 1. The Balaban J connectivity index is 1.76. The maximum atomic E-state index is 13.4. The highest BCUT2D eigenvalue weighted by Gasteiger charge is 2.34. The summed E-state index contributed by atoms with van der Waals surface area (Å²) in [6.45, 7) is 0. The van der Waals surface area contributed by atoms with Gasteiger partial charge in [0.1, 0.15) is 28.7 Å². The summed E-state index contributed by atoms with van der Waals surface area (Å²) in [4.78, 5) is 25.7. The lowest BCUT2D eigenvalue weighted by molar-refractivity contribution is -0.135. The summed E-state index contributed by atoms with van der Waals surface area (Å²) in [6, 6.07) is 12.7. The second-order valence-electron chi connectivity index (χ2n) is 7.66. The molecule has 0 amide bonds.